The highest BCUT2D eigenvalue weighted by Crippen LogP contribution is 2.38. The van der Waals surface area contributed by atoms with Crippen molar-refractivity contribution < 1.29 is 0 Å². The Morgan fingerprint density at radius 2 is 1.89 bits per heavy atom. The van der Waals surface area contributed by atoms with Gasteiger partial charge in [-0.15, -0.1) is 11.8 Å². The molecule has 3 rings (SSSR count). The maximum atomic E-state index is 2.74. The molecule has 0 spiro atoms. The summed E-state index contributed by atoms with van der Waals surface area (Å²) in [6.07, 6.45) is 5.44. The average Bonchev–Trinajstić information content (AvgIpc) is 2.76. The van der Waals surface area contributed by atoms with Crippen LogP contribution in [0.4, 0.5) is 0 Å². The number of likely N-dealkylation sites (tertiary alicyclic amines) is 1. The van der Waals surface area contributed by atoms with Gasteiger partial charge < -0.3 is 0 Å². The molecular formula is C16H23NS. The highest BCUT2D eigenvalue weighted by Gasteiger charge is 2.30. The second-order valence-electron chi connectivity index (χ2n) is 5.88. The lowest BCUT2D eigenvalue weighted by Crippen LogP contribution is -2.46. The van der Waals surface area contributed by atoms with Crippen LogP contribution < -0.4 is 0 Å². The van der Waals surface area contributed by atoms with Crippen molar-refractivity contribution in [3.05, 3.63) is 29.8 Å². The molecule has 1 saturated heterocycles. The van der Waals surface area contributed by atoms with Gasteiger partial charge in [0, 0.05) is 28.8 Å². The Labute approximate surface area is 115 Å². The second kappa shape index (κ2) is 5.26. The van der Waals surface area contributed by atoms with E-state index in [1.807, 2.05) is 0 Å². The number of benzene rings is 1. The third kappa shape index (κ3) is 2.46. The number of thioether (sulfide) groups is 1. The normalized spacial score (nSPS) is 32.4. The molecule has 0 bridgehead atoms. The van der Waals surface area contributed by atoms with Gasteiger partial charge in [0.1, 0.15) is 0 Å². The molecule has 0 amide bonds. The summed E-state index contributed by atoms with van der Waals surface area (Å²) in [5.41, 5.74) is 1.56. The van der Waals surface area contributed by atoms with Crippen molar-refractivity contribution >= 4 is 11.8 Å². The van der Waals surface area contributed by atoms with Crippen molar-refractivity contribution in [3.8, 4) is 0 Å². The summed E-state index contributed by atoms with van der Waals surface area (Å²) in [6, 6.07) is 10.5. The summed E-state index contributed by atoms with van der Waals surface area (Å²) in [5.74, 6) is 0. The van der Waals surface area contributed by atoms with Crippen molar-refractivity contribution in [1.82, 2.24) is 4.90 Å². The van der Waals surface area contributed by atoms with Crippen LogP contribution in [0.1, 0.15) is 38.7 Å². The molecule has 3 atom stereocenters. The summed E-state index contributed by atoms with van der Waals surface area (Å²) < 4.78 is 0. The zero-order valence-corrected chi connectivity index (χ0v) is 12.2. The van der Waals surface area contributed by atoms with Gasteiger partial charge in [-0.25, -0.2) is 0 Å². The van der Waals surface area contributed by atoms with E-state index in [4.69, 9.17) is 0 Å². The zero-order valence-electron chi connectivity index (χ0n) is 11.4. The lowest BCUT2D eigenvalue weighted by atomic mass is 9.97. The van der Waals surface area contributed by atoms with E-state index >= 15 is 0 Å². The first-order chi connectivity index (χ1) is 8.74. The molecule has 1 aromatic carbocycles. The quantitative estimate of drug-likeness (QED) is 0.792. The minimum absolute atomic E-state index is 0.769. The summed E-state index contributed by atoms with van der Waals surface area (Å²) in [6.45, 7) is 6.08. The molecule has 1 unspecified atom stereocenters. The molecule has 0 aromatic heterocycles. The number of rotatable bonds is 2. The first-order valence-corrected chi connectivity index (χ1v) is 8.12. The van der Waals surface area contributed by atoms with Gasteiger partial charge in [-0.2, -0.15) is 0 Å². The smallest absolute Gasteiger partial charge is 0.0263 e. The van der Waals surface area contributed by atoms with Crippen LogP contribution in [0.5, 0.6) is 0 Å². The largest absolute Gasteiger partial charge is 0.297 e. The van der Waals surface area contributed by atoms with E-state index in [2.05, 4.69) is 54.8 Å². The number of hydrogen-bond acceptors (Lipinski definition) is 2. The zero-order chi connectivity index (χ0) is 12.5. The van der Waals surface area contributed by atoms with Crippen LogP contribution in [0.3, 0.4) is 0 Å². The van der Waals surface area contributed by atoms with E-state index in [-0.39, 0.29) is 0 Å². The van der Waals surface area contributed by atoms with Gasteiger partial charge in [0.25, 0.3) is 0 Å². The number of nitrogens with zero attached hydrogens (tertiary/aromatic N) is 1. The Balaban J connectivity index is 1.65. The predicted molar refractivity (Wildman–Crippen MR) is 79.3 cm³/mol. The van der Waals surface area contributed by atoms with Gasteiger partial charge in [-0.05, 0) is 44.7 Å². The highest BCUT2D eigenvalue weighted by atomic mass is 32.2. The van der Waals surface area contributed by atoms with E-state index in [0.717, 1.165) is 17.3 Å². The van der Waals surface area contributed by atoms with Crippen molar-refractivity contribution in [2.45, 2.75) is 61.8 Å². The number of hydrogen-bond donors (Lipinski definition) is 0. The Bertz CT molecular complexity index is 382. The standard InChI is InChI=1S/C16H23NS/c1-12-6-5-7-13(2)17(12)11-15-10-14-8-3-4-9-16(14)18-15/h3-4,8-9,12-13,15H,5-7,10-11H2,1-2H3/t12-,13+,15?. The molecule has 1 aromatic rings. The Morgan fingerprint density at radius 1 is 1.17 bits per heavy atom. The van der Waals surface area contributed by atoms with Crippen LogP contribution in [0.25, 0.3) is 0 Å². The summed E-state index contributed by atoms with van der Waals surface area (Å²) in [7, 11) is 0. The van der Waals surface area contributed by atoms with Crippen LogP contribution in [-0.4, -0.2) is 28.8 Å². The third-order valence-electron chi connectivity index (χ3n) is 4.50. The fourth-order valence-corrected chi connectivity index (χ4v) is 4.75. The molecule has 0 aliphatic carbocycles. The number of piperidine rings is 1. The molecular weight excluding hydrogens is 238 g/mol. The van der Waals surface area contributed by atoms with Crippen LogP contribution in [0.15, 0.2) is 29.2 Å². The van der Waals surface area contributed by atoms with Crippen LogP contribution in [0.2, 0.25) is 0 Å². The Morgan fingerprint density at radius 3 is 2.61 bits per heavy atom. The minimum Gasteiger partial charge on any atom is -0.297 e. The van der Waals surface area contributed by atoms with Gasteiger partial charge in [0.15, 0.2) is 0 Å². The molecule has 1 fully saturated rings. The minimum atomic E-state index is 0.769. The van der Waals surface area contributed by atoms with Gasteiger partial charge >= 0.3 is 0 Å². The molecule has 2 heteroatoms. The fraction of sp³-hybridized carbons (Fsp3) is 0.625. The average molecular weight is 261 g/mol. The first-order valence-electron chi connectivity index (χ1n) is 7.24. The SMILES string of the molecule is C[C@@H]1CCC[C@H](C)N1CC1Cc2ccccc2S1. The van der Waals surface area contributed by atoms with E-state index in [1.54, 1.807) is 5.56 Å². The molecule has 1 nitrogen and oxygen atoms in total. The van der Waals surface area contributed by atoms with Gasteiger partial charge in [-0.1, -0.05) is 24.6 Å². The van der Waals surface area contributed by atoms with Crippen molar-refractivity contribution in [2.75, 3.05) is 6.54 Å². The lowest BCUT2D eigenvalue weighted by molar-refractivity contribution is 0.104. The topological polar surface area (TPSA) is 3.24 Å². The molecule has 2 heterocycles. The summed E-state index contributed by atoms with van der Waals surface area (Å²) >= 11 is 2.09. The Kier molecular flexibility index (Phi) is 3.67. The third-order valence-corrected chi connectivity index (χ3v) is 5.81. The van der Waals surface area contributed by atoms with Crippen molar-refractivity contribution in [1.29, 1.82) is 0 Å². The monoisotopic (exact) mass is 261 g/mol. The molecule has 18 heavy (non-hydrogen) atoms. The second-order valence-corrected chi connectivity index (χ2v) is 7.22. The molecule has 2 aliphatic heterocycles. The first kappa shape index (κ1) is 12.6. The van der Waals surface area contributed by atoms with Crippen molar-refractivity contribution in [2.24, 2.45) is 0 Å². The molecule has 0 radical (unpaired) electrons. The van der Waals surface area contributed by atoms with Crippen LogP contribution in [-0.2, 0) is 6.42 Å². The van der Waals surface area contributed by atoms with Gasteiger partial charge in [0.05, 0.1) is 0 Å². The maximum absolute atomic E-state index is 2.74. The summed E-state index contributed by atoms with van der Waals surface area (Å²) in [5, 5.41) is 0.769. The van der Waals surface area contributed by atoms with Crippen molar-refractivity contribution in [3.63, 3.8) is 0 Å². The van der Waals surface area contributed by atoms with E-state index in [9.17, 15) is 0 Å². The van der Waals surface area contributed by atoms with Gasteiger partial charge in [-0.3, -0.25) is 4.90 Å². The molecule has 0 N–H and O–H groups in total. The van der Waals surface area contributed by atoms with E-state index < -0.39 is 0 Å². The molecule has 2 aliphatic rings. The maximum Gasteiger partial charge on any atom is 0.0263 e. The summed E-state index contributed by atoms with van der Waals surface area (Å²) in [4.78, 5) is 4.26. The lowest BCUT2D eigenvalue weighted by Gasteiger charge is -2.40. The molecule has 98 valence electrons. The van der Waals surface area contributed by atoms with Crippen LogP contribution in [0, 0.1) is 0 Å². The van der Waals surface area contributed by atoms with Gasteiger partial charge in [0.2, 0.25) is 0 Å². The van der Waals surface area contributed by atoms with E-state index in [1.165, 1.54) is 37.1 Å². The number of fused-ring (bicyclic) bond motifs is 1. The Hall–Kier alpha value is -0.470. The predicted octanol–water partition coefficient (Wildman–Crippen LogP) is 3.97. The molecule has 0 saturated carbocycles. The highest BCUT2D eigenvalue weighted by molar-refractivity contribution is 8.00. The van der Waals surface area contributed by atoms with Crippen LogP contribution >= 0.6 is 11.8 Å². The fourth-order valence-electron chi connectivity index (χ4n) is 3.43. The van der Waals surface area contributed by atoms with E-state index in [0.29, 0.717) is 0 Å².